The molecule has 4 atom stereocenters. The Bertz CT molecular complexity index is 722. The van der Waals surface area contributed by atoms with Crippen molar-refractivity contribution in [3.05, 3.63) is 35.4 Å². The molecule has 2 N–H and O–H groups in total. The molecule has 0 heterocycles. The molecule has 1 aromatic rings. The third kappa shape index (κ3) is 6.09. The molecular weight excluding hydrogens is 372 g/mol. The van der Waals surface area contributed by atoms with E-state index in [1.54, 1.807) is 18.2 Å². The third-order valence-electron chi connectivity index (χ3n) is 6.83. The predicted molar refractivity (Wildman–Crippen MR) is 123 cm³/mol. The Morgan fingerprint density at radius 2 is 1.17 bits per heavy atom. The van der Waals surface area contributed by atoms with Crippen molar-refractivity contribution in [2.75, 3.05) is 0 Å². The average molecular weight is 413 g/mol. The minimum absolute atomic E-state index is 0.0769. The molecule has 166 valence electrons. The first-order chi connectivity index (χ1) is 13.9. The molecule has 2 amide bonds. The number of carbonyl (C=O) groups excluding carboxylic acids is 2. The molecule has 0 saturated heterocycles. The van der Waals surface area contributed by atoms with Crippen LogP contribution in [0.3, 0.4) is 0 Å². The average Bonchev–Trinajstić information content (AvgIpc) is 2.58. The van der Waals surface area contributed by atoms with Crippen LogP contribution < -0.4 is 10.6 Å². The van der Waals surface area contributed by atoms with E-state index in [1.165, 1.54) is 12.8 Å². The smallest absolute Gasteiger partial charge is 0.251 e. The zero-order valence-corrected chi connectivity index (χ0v) is 19.7. The van der Waals surface area contributed by atoms with Gasteiger partial charge in [-0.25, -0.2) is 0 Å². The standard InChI is InChI=1S/C26H40N2O2/c1-17-10-21(15-25(3,4)13-17)27-23(29)19-8-7-9-20(12-19)24(30)28-22-11-18(2)14-26(5,6)16-22/h7-9,12,17-18,21-22H,10-11,13-16H2,1-6H3,(H,27,29)(H,28,30)/t17-,18-,21-,22-/m1/s1. The van der Waals surface area contributed by atoms with Gasteiger partial charge in [0.25, 0.3) is 11.8 Å². The molecule has 0 bridgehead atoms. The summed E-state index contributed by atoms with van der Waals surface area (Å²) in [5.41, 5.74) is 1.64. The Kier molecular flexibility index (Phi) is 6.64. The van der Waals surface area contributed by atoms with Crippen molar-refractivity contribution in [2.45, 2.75) is 92.2 Å². The molecule has 2 aliphatic rings. The van der Waals surface area contributed by atoms with Crippen LogP contribution in [-0.2, 0) is 0 Å². The van der Waals surface area contributed by atoms with Gasteiger partial charge in [0.05, 0.1) is 0 Å². The monoisotopic (exact) mass is 412 g/mol. The fourth-order valence-corrected chi connectivity index (χ4v) is 6.25. The Morgan fingerprint density at radius 3 is 1.53 bits per heavy atom. The number of benzene rings is 1. The van der Waals surface area contributed by atoms with Gasteiger partial charge in [0.15, 0.2) is 0 Å². The highest BCUT2D eigenvalue weighted by molar-refractivity contribution is 5.99. The van der Waals surface area contributed by atoms with Gasteiger partial charge in [-0.2, -0.15) is 0 Å². The lowest BCUT2D eigenvalue weighted by molar-refractivity contribution is 0.0871. The molecule has 0 spiro atoms. The highest BCUT2D eigenvalue weighted by Crippen LogP contribution is 2.39. The van der Waals surface area contributed by atoms with Gasteiger partial charge in [-0.15, -0.1) is 0 Å². The van der Waals surface area contributed by atoms with Crippen LogP contribution in [0.4, 0.5) is 0 Å². The fraction of sp³-hybridized carbons (Fsp3) is 0.692. The van der Waals surface area contributed by atoms with Crippen LogP contribution in [0.25, 0.3) is 0 Å². The van der Waals surface area contributed by atoms with Crippen molar-refractivity contribution in [1.29, 1.82) is 0 Å². The van der Waals surface area contributed by atoms with E-state index >= 15 is 0 Å². The lowest BCUT2D eigenvalue weighted by Crippen LogP contribution is -2.43. The number of carbonyl (C=O) groups is 2. The molecule has 0 unspecified atom stereocenters. The zero-order chi connectivity index (χ0) is 22.1. The van der Waals surface area contributed by atoms with E-state index in [0.29, 0.717) is 23.0 Å². The Balaban J connectivity index is 1.64. The third-order valence-corrected chi connectivity index (χ3v) is 6.83. The SMILES string of the molecule is C[C@@H]1C[C@@H](NC(=O)c2cccc(C(=O)N[C@@H]3C[C@@H](C)CC(C)(C)C3)c2)CC(C)(C)C1. The molecule has 0 aliphatic heterocycles. The molecule has 1 aromatic carbocycles. The van der Waals surface area contributed by atoms with Crippen LogP contribution in [0, 0.1) is 22.7 Å². The summed E-state index contributed by atoms with van der Waals surface area (Å²) >= 11 is 0. The van der Waals surface area contributed by atoms with Gasteiger partial charge in [-0.1, -0.05) is 47.6 Å². The lowest BCUT2D eigenvalue weighted by Gasteiger charge is -2.39. The van der Waals surface area contributed by atoms with Crippen LogP contribution in [0.2, 0.25) is 0 Å². The quantitative estimate of drug-likeness (QED) is 0.678. The zero-order valence-electron chi connectivity index (χ0n) is 19.7. The number of rotatable bonds is 4. The molecule has 3 rings (SSSR count). The first-order valence-electron chi connectivity index (χ1n) is 11.6. The molecule has 0 aromatic heterocycles. The van der Waals surface area contributed by atoms with Crippen molar-refractivity contribution < 1.29 is 9.59 Å². The van der Waals surface area contributed by atoms with E-state index in [4.69, 9.17) is 0 Å². The summed E-state index contributed by atoms with van der Waals surface area (Å²) in [7, 11) is 0. The van der Waals surface area contributed by atoms with Crippen LogP contribution >= 0.6 is 0 Å². The second-order valence-corrected chi connectivity index (χ2v) is 11.7. The largest absolute Gasteiger partial charge is 0.349 e. The van der Waals surface area contributed by atoms with Gasteiger partial charge in [-0.3, -0.25) is 9.59 Å². The summed E-state index contributed by atoms with van der Waals surface area (Å²) < 4.78 is 0. The van der Waals surface area contributed by atoms with Gasteiger partial charge in [0.2, 0.25) is 0 Å². The van der Waals surface area contributed by atoms with E-state index in [9.17, 15) is 9.59 Å². The van der Waals surface area contributed by atoms with E-state index in [2.05, 4.69) is 52.2 Å². The summed E-state index contributed by atoms with van der Waals surface area (Å²) in [4.78, 5) is 25.8. The van der Waals surface area contributed by atoms with Crippen LogP contribution in [0.1, 0.15) is 101 Å². The summed E-state index contributed by atoms with van der Waals surface area (Å²) in [6.45, 7) is 13.6. The van der Waals surface area contributed by atoms with Crippen molar-refractivity contribution in [2.24, 2.45) is 22.7 Å². The molecule has 2 saturated carbocycles. The molecule has 2 aliphatic carbocycles. The maximum Gasteiger partial charge on any atom is 0.251 e. The molecule has 0 radical (unpaired) electrons. The second kappa shape index (κ2) is 8.72. The first-order valence-corrected chi connectivity index (χ1v) is 11.6. The summed E-state index contributed by atoms with van der Waals surface area (Å²) in [5, 5.41) is 6.43. The van der Waals surface area contributed by atoms with Crippen molar-refractivity contribution in [3.63, 3.8) is 0 Å². The van der Waals surface area contributed by atoms with Gasteiger partial charge in [-0.05, 0) is 79.4 Å². The van der Waals surface area contributed by atoms with E-state index < -0.39 is 0 Å². The number of nitrogens with one attached hydrogen (secondary N) is 2. The minimum Gasteiger partial charge on any atom is -0.349 e. The Labute approximate surface area is 182 Å². The predicted octanol–water partition coefficient (Wildman–Crippen LogP) is 5.58. The van der Waals surface area contributed by atoms with Crippen molar-refractivity contribution >= 4 is 11.8 Å². The molecule has 4 heteroatoms. The number of amides is 2. The minimum atomic E-state index is -0.0769. The normalized spacial score (nSPS) is 30.3. The highest BCUT2D eigenvalue weighted by atomic mass is 16.2. The lowest BCUT2D eigenvalue weighted by atomic mass is 9.70. The molecular formula is C26H40N2O2. The highest BCUT2D eigenvalue weighted by Gasteiger charge is 2.34. The number of hydrogen-bond acceptors (Lipinski definition) is 2. The summed E-state index contributed by atoms with van der Waals surface area (Å²) in [6.07, 6.45) is 6.44. The Hall–Kier alpha value is -1.84. The maximum absolute atomic E-state index is 12.9. The molecule has 30 heavy (non-hydrogen) atoms. The second-order valence-electron chi connectivity index (χ2n) is 11.7. The van der Waals surface area contributed by atoms with E-state index in [-0.39, 0.29) is 34.7 Å². The van der Waals surface area contributed by atoms with Crippen molar-refractivity contribution in [1.82, 2.24) is 10.6 Å². The van der Waals surface area contributed by atoms with E-state index in [0.717, 1.165) is 25.7 Å². The number of hydrogen-bond donors (Lipinski definition) is 2. The summed E-state index contributed by atoms with van der Waals surface area (Å²) in [6, 6.07) is 7.54. The van der Waals surface area contributed by atoms with Crippen LogP contribution in [0.15, 0.2) is 24.3 Å². The molecule has 4 nitrogen and oxygen atoms in total. The van der Waals surface area contributed by atoms with E-state index in [1.807, 2.05) is 6.07 Å². The van der Waals surface area contributed by atoms with Crippen LogP contribution in [-0.4, -0.2) is 23.9 Å². The van der Waals surface area contributed by atoms with Gasteiger partial charge in [0.1, 0.15) is 0 Å². The molecule has 2 fully saturated rings. The Morgan fingerprint density at radius 1 is 0.767 bits per heavy atom. The first kappa shape index (κ1) is 22.8. The van der Waals surface area contributed by atoms with Crippen LogP contribution in [0.5, 0.6) is 0 Å². The fourth-order valence-electron chi connectivity index (χ4n) is 6.25. The van der Waals surface area contributed by atoms with Gasteiger partial charge in [0, 0.05) is 23.2 Å². The van der Waals surface area contributed by atoms with Gasteiger partial charge >= 0.3 is 0 Å². The topological polar surface area (TPSA) is 58.2 Å². The van der Waals surface area contributed by atoms with Gasteiger partial charge < -0.3 is 10.6 Å². The van der Waals surface area contributed by atoms with Crippen molar-refractivity contribution in [3.8, 4) is 0 Å². The summed E-state index contributed by atoms with van der Waals surface area (Å²) in [5.74, 6) is 1.07. The maximum atomic E-state index is 12.9.